The summed E-state index contributed by atoms with van der Waals surface area (Å²) in [5.74, 6) is 0.965. The van der Waals surface area contributed by atoms with Crippen LogP contribution in [0.5, 0.6) is 5.75 Å². The average molecular weight is 366 g/mol. The number of carbonyl (C=O) groups is 1. The highest BCUT2D eigenvalue weighted by atomic mass is 32.2. The predicted octanol–water partition coefficient (Wildman–Crippen LogP) is 2.96. The van der Waals surface area contributed by atoms with E-state index in [2.05, 4.69) is 20.5 Å². The maximum absolute atomic E-state index is 12.0. The Morgan fingerprint density at radius 1 is 1.12 bits per heavy atom. The van der Waals surface area contributed by atoms with Crippen LogP contribution in [-0.4, -0.2) is 34.0 Å². The number of rotatable bonds is 7. The van der Waals surface area contributed by atoms with Crippen LogP contribution in [-0.2, 0) is 11.3 Å². The Morgan fingerprint density at radius 3 is 2.73 bits per heavy atom. The van der Waals surface area contributed by atoms with Crippen molar-refractivity contribution < 1.29 is 9.53 Å². The summed E-state index contributed by atoms with van der Waals surface area (Å²) in [5.41, 5.74) is 2.60. The average Bonchev–Trinajstić information content (AvgIpc) is 2.72. The first-order chi connectivity index (χ1) is 12.8. The largest absolute Gasteiger partial charge is 0.496 e. The molecule has 3 rings (SSSR count). The van der Waals surface area contributed by atoms with E-state index < -0.39 is 0 Å². The normalized spacial score (nSPS) is 10.3. The first kappa shape index (κ1) is 17.9. The highest BCUT2D eigenvalue weighted by molar-refractivity contribution is 7.99. The van der Waals surface area contributed by atoms with Crippen LogP contribution in [0, 0.1) is 0 Å². The molecule has 1 amide bonds. The number of thioether (sulfide) groups is 1. The fraction of sp³-hybridized carbons (Fsp3) is 0.158. The fourth-order valence-corrected chi connectivity index (χ4v) is 2.94. The van der Waals surface area contributed by atoms with E-state index in [0.29, 0.717) is 11.6 Å². The summed E-state index contributed by atoms with van der Waals surface area (Å²) in [5, 5.41) is 11.9. The van der Waals surface area contributed by atoms with Crippen LogP contribution in [0.3, 0.4) is 0 Å². The summed E-state index contributed by atoms with van der Waals surface area (Å²) in [6.45, 7) is 0.426. The number of carbonyl (C=O) groups excluding carboxylic acids is 1. The van der Waals surface area contributed by atoms with Gasteiger partial charge in [-0.2, -0.15) is 0 Å². The number of ether oxygens (including phenoxy) is 1. The van der Waals surface area contributed by atoms with Gasteiger partial charge in [-0.15, -0.1) is 10.2 Å². The number of amides is 1. The second-order valence-corrected chi connectivity index (χ2v) is 6.37. The van der Waals surface area contributed by atoms with Gasteiger partial charge in [-0.05, 0) is 30.3 Å². The summed E-state index contributed by atoms with van der Waals surface area (Å²) >= 11 is 1.34. The van der Waals surface area contributed by atoms with Gasteiger partial charge in [0.2, 0.25) is 5.91 Å². The van der Waals surface area contributed by atoms with Gasteiger partial charge >= 0.3 is 0 Å². The molecule has 2 heterocycles. The lowest BCUT2D eigenvalue weighted by molar-refractivity contribution is -0.118. The number of pyridine rings is 1. The van der Waals surface area contributed by atoms with Crippen molar-refractivity contribution in [3.8, 4) is 17.0 Å². The molecule has 1 aromatic carbocycles. The standard InChI is InChI=1S/C19H18N4O2S/c1-25-17-7-3-2-5-15(17)12-21-18(24)13-26-19-9-8-16(22-23-19)14-6-4-10-20-11-14/h2-11H,12-13H2,1H3,(H,21,24). The molecule has 0 bridgehead atoms. The van der Waals surface area contributed by atoms with Gasteiger partial charge in [-0.3, -0.25) is 9.78 Å². The Balaban J connectivity index is 1.50. The summed E-state index contributed by atoms with van der Waals surface area (Å²) in [6.07, 6.45) is 3.45. The van der Waals surface area contributed by atoms with E-state index in [-0.39, 0.29) is 11.7 Å². The van der Waals surface area contributed by atoms with Crippen LogP contribution in [0.25, 0.3) is 11.3 Å². The van der Waals surface area contributed by atoms with Crippen LogP contribution >= 0.6 is 11.8 Å². The van der Waals surface area contributed by atoms with Gasteiger partial charge in [0.05, 0.1) is 18.6 Å². The first-order valence-electron chi connectivity index (χ1n) is 8.02. The van der Waals surface area contributed by atoms with E-state index in [1.165, 1.54) is 11.8 Å². The van der Waals surface area contributed by atoms with Gasteiger partial charge in [-0.1, -0.05) is 30.0 Å². The molecule has 0 atom stereocenters. The summed E-state index contributed by atoms with van der Waals surface area (Å²) < 4.78 is 5.28. The molecule has 6 nitrogen and oxygen atoms in total. The minimum Gasteiger partial charge on any atom is -0.496 e. The molecule has 3 aromatic rings. The van der Waals surface area contributed by atoms with Gasteiger partial charge in [0.25, 0.3) is 0 Å². The van der Waals surface area contributed by atoms with E-state index in [9.17, 15) is 4.79 Å². The zero-order chi connectivity index (χ0) is 18.2. The molecule has 132 valence electrons. The van der Waals surface area contributed by atoms with E-state index in [1.807, 2.05) is 48.5 Å². The Morgan fingerprint density at radius 2 is 2.00 bits per heavy atom. The number of nitrogens with one attached hydrogen (secondary N) is 1. The smallest absolute Gasteiger partial charge is 0.230 e. The lowest BCUT2D eigenvalue weighted by atomic mass is 10.2. The zero-order valence-electron chi connectivity index (χ0n) is 14.3. The number of hydrogen-bond acceptors (Lipinski definition) is 6. The summed E-state index contributed by atoms with van der Waals surface area (Å²) in [7, 11) is 1.62. The number of aromatic nitrogens is 3. The molecule has 0 radical (unpaired) electrons. The molecule has 0 spiro atoms. The maximum atomic E-state index is 12.0. The Bertz CT molecular complexity index is 857. The minimum absolute atomic E-state index is 0.0703. The fourth-order valence-electron chi connectivity index (χ4n) is 2.30. The minimum atomic E-state index is -0.0703. The number of methoxy groups -OCH3 is 1. The van der Waals surface area contributed by atoms with Crippen molar-refractivity contribution in [2.45, 2.75) is 11.6 Å². The number of hydrogen-bond donors (Lipinski definition) is 1. The second kappa shape index (κ2) is 8.96. The summed E-state index contributed by atoms with van der Waals surface area (Å²) in [4.78, 5) is 16.1. The van der Waals surface area contributed by atoms with Gasteiger partial charge < -0.3 is 10.1 Å². The molecule has 0 aliphatic heterocycles. The van der Waals surface area contributed by atoms with Crippen LogP contribution in [0.15, 0.2) is 66.0 Å². The molecule has 0 fully saturated rings. The highest BCUT2D eigenvalue weighted by Crippen LogP contribution is 2.19. The molecular weight excluding hydrogens is 348 g/mol. The third-order valence-corrected chi connectivity index (χ3v) is 4.54. The molecule has 1 N–H and O–H groups in total. The third-order valence-electron chi connectivity index (χ3n) is 3.62. The topological polar surface area (TPSA) is 77.0 Å². The van der Waals surface area contributed by atoms with Crippen molar-refractivity contribution in [2.24, 2.45) is 0 Å². The number of nitrogens with zero attached hydrogens (tertiary/aromatic N) is 3. The van der Waals surface area contributed by atoms with Gasteiger partial charge in [0, 0.05) is 30.1 Å². The van der Waals surface area contributed by atoms with Crippen molar-refractivity contribution in [1.29, 1.82) is 0 Å². The summed E-state index contributed by atoms with van der Waals surface area (Å²) in [6, 6.07) is 15.1. The molecule has 26 heavy (non-hydrogen) atoms. The lowest BCUT2D eigenvalue weighted by Crippen LogP contribution is -2.24. The monoisotopic (exact) mass is 366 g/mol. The maximum Gasteiger partial charge on any atom is 0.230 e. The SMILES string of the molecule is COc1ccccc1CNC(=O)CSc1ccc(-c2cccnc2)nn1. The van der Waals surface area contributed by atoms with Crippen molar-refractivity contribution in [3.05, 3.63) is 66.5 Å². The quantitative estimate of drug-likeness (QED) is 0.648. The number of benzene rings is 1. The van der Waals surface area contributed by atoms with Crippen LogP contribution in [0.2, 0.25) is 0 Å². The predicted molar refractivity (Wildman–Crippen MR) is 101 cm³/mol. The number of para-hydroxylation sites is 1. The first-order valence-corrected chi connectivity index (χ1v) is 9.00. The molecule has 2 aromatic heterocycles. The Kier molecular flexibility index (Phi) is 6.16. The molecule has 0 aliphatic carbocycles. The van der Waals surface area contributed by atoms with Crippen LogP contribution in [0.4, 0.5) is 0 Å². The highest BCUT2D eigenvalue weighted by Gasteiger charge is 2.07. The molecular formula is C19H18N4O2S. The van der Waals surface area contributed by atoms with Gasteiger partial charge in [0.15, 0.2) is 0 Å². The lowest BCUT2D eigenvalue weighted by Gasteiger charge is -2.09. The van der Waals surface area contributed by atoms with Crippen molar-refractivity contribution >= 4 is 17.7 Å². The molecule has 7 heteroatoms. The van der Waals surface area contributed by atoms with Crippen LogP contribution < -0.4 is 10.1 Å². The molecule has 0 unspecified atom stereocenters. The van der Waals surface area contributed by atoms with E-state index in [4.69, 9.17) is 4.74 Å². The molecule has 0 saturated carbocycles. The third kappa shape index (κ3) is 4.80. The van der Waals surface area contributed by atoms with Gasteiger partial charge in [-0.25, -0.2) is 0 Å². The van der Waals surface area contributed by atoms with Crippen molar-refractivity contribution in [1.82, 2.24) is 20.5 Å². The second-order valence-electron chi connectivity index (χ2n) is 5.38. The van der Waals surface area contributed by atoms with Crippen LogP contribution in [0.1, 0.15) is 5.56 Å². The molecule has 0 saturated heterocycles. The van der Waals surface area contributed by atoms with E-state index in [1.54, 1.807) is 19.5 Å². The Labute approximate surface area is 156 Å². The zero-order valence-corrected chi connectivity index (χ0v) is 15.1. The van der Waals surface area contributed by atoms with Crippen molar-refractivity contribution in [2.75, 3.05) is 12.9 Å². The van der Waals surface area contributed by atoms with E-state index in [0.717, 1.165) is 22.6 Å². The van der Waals surface area contributed by atoms with E-state index >= 15 is 0 Å². The van der Waals surface area contributed by atoms with Gasteiger partial charge in [0.1, 0.15) is 10.8 Å². The molecule has 0 aliphatic rings. The Hall–Kier alpha value is -2.93. The van der Waals surface area contributed by atoms with Crippen molar-refractivity contribution in [3.63, 3.8) is 0 Å².